The number of esters is 3. The van der Waals surface area contributed by atoms with Crippen molar-refractivity contribution in [3.05, 3.63) is 24.3 Å². The normalized spacial score (nSPS) is 12.1. The van der Waals surface area contributed by atoms with Gasteiger partial charge in [0.2, 0.25) is 0 Å². The van der Waals surface area contributed by atoms with Gasteiger partial charge in [-0.15, -0.1) is 0 Å². The zero-order valence-corrected chi connectivity index (χ0v) is 38.8. The molecule has 340 valence electrons. The first-order chi connectivity index (χ1) is 28.5. The summed E-state index contributed by atoms with van der Waals surface area (Å²) >= 11 is 0. The number of hydrogen-bond acceptors (Lipinski definition) is 6. The lowest BCUT2D eigenvalue weighted by atomic mass is 10.0. The van der Waals surface area contributed by atoms with Crippen LogP contribution in [-0.2, 0) is 28.6 Å². The van der Waals surface area contributed by atoms with Gasteiger partial charge in [0.25, 0.3) is 0 Å². The molecule has 0 saturated heterocycles. The van der Waals surface area contributed by atoms with Crippen molar-refractivity contribution in [1.82, 2.24) is 0 Å². The average molecular weight is 817 g/mol. The standard InChI is InChI=1S/C52H96O6/c1-4-7-10-13-16-19-22-25-26-28-30-33-36-39-42-45-51(54)57-48-49(47-56-50(53)44-41-38-35-32-29-24-21-18-15-12-9-6-3)58-52(55)46-43-40-37-34-31-27-23-20-17-14-11-8-5-2/h27,31,37,40,49H,4-26,28-30,32-36,38-39,41-48H2,1-3H3/b31-27-,40-37-. The SMILES string of the molecule is CCCCCCCC/C=C\C/C=C\CCC(=O)OC(COC(=O)CCCCCCCCCCCCCC)COC(=O)CCCCCCCCCCCCCCCCC. The van der Waals surface area contributed by atoms with Crippen LogP contribution in [0.25, 0.3) is 0 Å². The van der Waals surface area contributed by atoms with E-state index in [-0.39, 0.29) is 37.5 Å². The summed E-state index contributed by atoms with van der Waals surface area (Å²) in [5.74, 6) is -0.945. The summed E-state index contributed by atoms with van der Waals surface area (Å²) in [6.45, 7) is 6.60. The summed E-state index contributed by atoms with van der Waals surface area (Å²) in [6.07, 6.45) is 53.1. The number of hydrogen-bond donors (Lipinski definition) is 0. The average Bonchev–Trinajstić information content (AvgIpc) is 3.22. The lowest BCUT2D eigenvalue weighted by molar-refractivity contribution is -0.166. The first-order valence-corrected chi connectivity index (χ1v) is 25.3. The molecule has 0 aliphatic rings. The maximum Gasteiger partial charge on any atom is 0.306 e. The number of allylic oxidation sites excluding steroid dienone is 4. The smallest absolute Gasteiger partial charge is 0.306 e. The monoisotopic (exact) mass is 817 g/mol. The van der Waals surface area contributed by atoms with Crippen LogP contribution in [0.1, 0.15) is 271 Å². The minimum Gasteiger partial charge on any atom is -0.462 e. The molecule has 1 atom stereocenters. The molecule has 58 heavy (non-hydrogen) atoms. The highest BCUT2D eigenvalue weighted by atomic mass is 16.6. The van der Waals surface area contributed by atoms with Gasteiger partial charge >= 0.3 is 17.9 Å². The number of carbonyl (C=O) groups is 3. The summed E-state index contributed by atoms with van der Waals surface area (Å²) < 4.78 is 16.7. The quantitative estimate of drug-likeness (QED) is 0.0263. The predicted molar refractivity (Wildman–Crippen MR) is 247 cm³/mol. The molecule has 0 aliphatic carbocycles. The van der Waals surface area contributed by atoms with Crippen LogP contribution in [0.15, 0.2) is 24.3 Å². The van der Waals surface area contributed by atoms with Gasteiger partial charge in [0.05, 0.1) is 0 Å². The Morgan fingerprint density at radius 3 is 1.02 bits per heavy atom. The molecule has 0 aromatic carbocycles. The van der Waals surface area contributed by atoms with Gasteiger partial charge in [-0.1, -0.05) is 238 Å². The van der Waals surface area contributed by atoms with Crippen molar-refractivity contribution in [3.8, 4) is 0 Å². The van der Waals surface area contributed by atoms with Crippen LogP contribution in [-0.4, -0.2) is 37.2 Å². The molecule has 0 amide bonds. The highest BCUT2D eigenvalue weighted by Crippen LogP contribution is 2.16. The Labute approximate surface area is 360 Å². The Hall–Kier alpha value is -2.11. The molecule has 0 spiro atoms. The first-order valence-electron chi connectivity index (χ1n) is 25.3. The zero-order valence-electron chi connectivity index (χ0n) is 38.8. The van der Waals surface area contributed by atoms with E-state index in [4.69, 9.17) is 14.2 Å². The van der Waals surface area contributed by atoms with Crippen LogP contribution >= 0.6 is 0 Å². The van der Waals surface area contributed by atoms with Gasteiger partial charge in [-0.05, 0) is 38.5 Å². The third kappa shape index (κ3) is 45.0. The van der Waals surface area contributed by atoms with Crippen LogP contribution in [0.2, 0.25) is 0 Å². The van der Waals surface area contributed by atoms with E-state index in [0.717, 1.165) is 51.4 Å². The van der Waals surface area contributed by atoms with Gasteiger partial charge in [-0.3, -0.25) is 14.4 Å². The number of carbonyl (C=O) groups excluding carboxylic acids is 3. The summed E-state index contributed by atoms with van der Waals surface area (Å²) in [7, 11) is 0. The second kappa shape index (κ2) is 47.6. The minimum atomic E-state index is -0.794. The molecule has 6 nitrogen and oxygen atoms in total. The molecular formula is C52H96O6. The predicted octanol–water partition coefficient (Wildman–Crippen LogP) is 16.4. The maximum atomic E-state index is 12.7. The molecule has 0 saturated carbocycles. The van der Waals surface area contributed by atoms with Crippen LogP contribution in [0.4, 0.5) is 0 Å². The fourth-order valence-electron chi connectivity index (χ4n) is 7.38. The van der Waals surface area contributed by atoms with E-state index in [1.54, 1.807) is 0 Å². The van der Waals surface area contributed by atoms with Crippen LogP contribution in [0, 0.1) is 0 Å². The Morgan fingerprint density at radius 2 is 0.655 bits per heavy atom. The topological polar surface area (TPSA) is 78.9 Å². The van der Waals surface area contributed by atoms with E-state index in [0.29, 0.717) is 19.3 Å². The van der Waals surface area contributed by atoms with Gasteiger partial charge in [0.15, 0.2) is 6.10 Å². The third-order valence-electron chi connectivity index (χ3n) is 11.2. The molecule has 0 N–H and O–H groups in total. The molecule has 1 unspecified atom stereocenters. The highest BCUT2D eigenvalue weighted by molar-refractivity contribution is 5.71. The van der Waals surface area contributed by atoms with Crippen molar-refractivity contribution >= 4 is 17.9 Å². The number of rotatable bonds is 46. The van der Waals surface area contributed by atoms with Crippen molar-refractivity contribution in [2.24, 2.45) is 0 Å². The van der Waals surface area contributed by atoms with Gasteiger partial charge in [0, 0.05) is 19.3 Å². The van der Waals surface area contributed by atoms with Crippen molar-refractivity contribution in [2.45, 2.75) is 277 Å². The zero-order chi connectivity index (χ0) is 42.3. The molecule has 0 radical (unpaired) electrons. The molecule has 0 fully saturated rings. The molecule has 0 aromatic heterocycles. The third-order valence-corrected chi connectivity index (χ3v) is 11.2. The number of ether oxygens (including phenoxy) is 3. The molecule has 0 heterocycles. The molecule has 0 rings (SSSR count). The lowest BCUT2D eigenvalue weighted by Gasteiger charge is -2.18. The van der Waals surface area contributed by atoms with Crippen LogP contribution < -0.4 is 0 Å². The van der Waals surface area contributed by atoms with Crippen molar-refractivity contribution in [2.75, 3.05) is 13.2 Å². The minimum absolute atomic E-state index is 0.0889. The Bertz CT molecular complexity index is 942. The summed E-state index contributed by atoms with van der Waals surface area (Å²) in [5.41, 5.74) is 0. The molecular weight excluding hydrogens is 721 g/mol. The summed E-state index contributed by atoms with van der Waals surface area (Å²) in [5, 5.41) is 0. The fraction of sp³-hybridized carbons (Fsp3) is 0.865. The van der Waals surface area contributed by atoms with Crippen LogP contribution in [0.3, 0.4) is 0 Å². The Kier molecular flexibility index (Phi) is 45.8. The van der Waals surface area contributed by atoms with E-state index in [1.807, 2.05) is 6.08 Å². The maximum absolute atomic E-state index is 12.7. The highest BCUT2D eigenvalue weighted by Gasteiger charge is 2.19. The number of unbranched alkanes of at least 4 members (excludes halogenated alkanes) is 31. The summed E-state index contributed by atoms with van der Waals surface area (Å²) in [4.78, 5) is 37.8. The second-order valence-electron chi connectivity index (χ2n) is 17.1. The van der Waals surface area contributed by atoms with E-state index in [9.17, 15) is 14.4 Å². The van der Waals surface area contributed by atoms with Crippen molar-refractivity contribution in [1.29, 1.82) is 0 Å². The van der Waals surface area contributed by atoms with E-state index < -0.39 is 6.10 Å². The first kappa shape index (κ1) is 55.9. The van der Waals surface area contributed by atoms with Crippen LogP contribution in [0.5, 0.6) is 0 Å². The fourth-order valence-corrected chi connectivity index (χ4v) is 7.38. The molecule has 0 aliphatic heterocycles. The molecule has 0 bridgehead atoms. The van der Waals surface area contributed by atoms with Gasteiger partial charge in [0.1, 0.15) is 13.2 Å². The van der Waals surface area contributed by atoms with Gasteiger partial charge in [-0.2, -0.15) is 0 Å². The Balaban J connectivity index is 4.39. The van der Waals surface area contributed by atoms with E-state index in [1.165, 1.54) is 173 Å². The van der Waals surface area contributed by atoms with Crippen molar-refractivity contribution < 1.29 is 28.6 Å². The lowest BCUT2D eigenvalue weighted by Crippen LogP contribution is -2.30. The van der Waals surface area contributed by atoms with E-state index in [2.05, 4.69) is 39.0 Å². The van der Waals surface area contributed by atoms with Gasteiger partial charge < -0.3 is 14.2 Å². The summed E-state index contributed by atoms with van der Waals surface area (Å²) in [6, 6.07) is 0. The second-order valence-corrected chi connectivity index (χ2v) is 17.1. The van der Waals surface area contributed by atoms with Crippen molar-refractivity contribution in [3.63, 3.8) is 0 Å². The molecule has 6 heteroatoms. The van der Waals surface area contributed by atoms with E-state index >= 15 is 0 Å². The van der Waals surface area contributed by atoms with Gasteiger partial charge in [-0.25, -0.2) is 0 Å². The Morgan fingerprint density at radius 1 is 0.345 bits per heavy atom. The largest absolute Gasteiger partial charge is 0.462 e. The molecule has 0 aromatic rings.